The van der Waals surface area contributed by atoms with E-state index in [2.05, 4.69) is 5.32 Å². The van der Waals surface area contributed by atoms with Gasteiger partial charge in [0, 0.05) is 25.6 Å². The summed E-state index contributed by atoms with van der Waals surface area (Å²) in [6.45, 7) is 8.95. The Hall–Kier alpha value is -1.15. The Bertz CT molecular complexity index is 763. The first-order chi connectivity index (χ1) is 12.7. The van der Waals surface area contributed by atoms with Crippen molar-refractivity contribution < 1.29 is 13.2 Å². The van der Waals surface area contributed by atoms with Crippen LogP contribution in [0.15, 0.2) is 23.1 Å². The van der Waals surface area contributed by atoms with Crippen LogP contribution < -0.4 is 11.1 Å². The topological polar surface area (TPSA) is 92.5 Å². The van der Waals surface area contributed by atoms with E-state index in [1.165, 1.54) is 4.31 Å². The zero-order chi connectivity index (χ0) is 20.2. The molecule has 0 spiro atoms. The van der Waals surface area contributed by atoms with Crippen molar-refractivity contribution in [3.8, 4) is 0 Å². The molecular weight excluding hydrogens is 398 g/mol. The third-order valence-corrected chi connectivity index (χ3v) is 7.96. The lowest BCUT2D eigenvalue weighted by atomic mass is 9.90. The second-order valence-corrected chi connectivity index (χ2v) is 9.53. The van der Waals surface area contributed by atoms with Crippen LogP contribution in [-0.2, 0) is 14.8 Å². The maximum Gasteiger partial charge on any atom is 0.243 e. The number of nitrogens with two attached hydrogens (primary N) is 1. The first-order valence-electron chi connectivity index (χ1n) is 9.78. The highest BCUT2D eigenvalue weighted by molar-refractivity contribution is 7.89. The monoisotopic (exact) mass is 431 g/mol. The van der Waals surface area contributed by atoms with E-state index in [0.717, 1.165) is 24.0 Å². The molecule has 0 unspecified atom stereocenters. The number of piperidine rings is 1. The molecule has 1 aliphatic rings. The first-order valence-corrected chi connectivity index (χ1v) is 11.2. The Balaban J connectivity index is 0.00000392. The number of benzene rings is 1. The molecule has 0 aliphatic carbocycles. The average molecular weight is 432 g/mol. The van der Waals surface area contributed by atoms with E-state index in [-0.39, 0.29) is 29.8 Å². The Morgan fingerprint density at radius 1 is 1.21 bits per heavy atom. The number of carbonyl (C=O) groups is 1. The van der Waals surface area contributed by atoms with Crippen LogP contribution in [0.5, 0.6) is 0 Å². The van der Waals surface area contributed by atoms with Crippen LogP contribution in [-0.4, -0.2) is 43.8 Å². The second kappa shape index (κ2) is 10.1. The van der Waals surface area contributed by atoms with Crippen LogP contribution in [0.25, 0.3) is 0 Å². The highest BCUT2D eigenvalue weighted by Gasteiger charge is 2.35. The molecule has 0 aromatic heterocycles. The number of nitrogens with zero attached hydrogens (tertiary/aromatic N) is 1. The third kappa shape index (κ3) is 5.26. The van der Waals surface area contributed by atoms with Gasteiger partial charge < -0.3 is 11.1 Å². The van der Waals surface area contributed by atoms with Crippen molar-refractivity contribution in [1.82, 2.24) is 9.62 Å². The van der Waals surface area contributed by atoms with Crippen LogP contribution in [0, 0.1) is 19.8 Å². The highest BCUT2D eigenvalue weighted by Crippen LogP contribution is 2.27. The molecule has 28 heavy (non-hydrogen) atoms. The predicted molar refractivity (Wildman–Crippen MR) is 115 cm³/mol. The molecule has 1 saturated heterocycles. The average Bonchev–Trinajstić information content (AvgIpc) is 2.66. The lowest BCUT2D eigenvalue weighted by molar-refractivity contribution is -0.128. The van der Waals surface area contributed by atoms with Crippen molar-refractivity contribution in [1.29, 1.82) is 0 Å². The number of aryl methyl sites for hydroxylation is 2. The number of hydrogen-bond donors (Lipinski definition) is 2. The molecule has 0 bridgehead atoms. The molecule has 160 valence electrons. The minimum atomic E-state index is -3.53. The molecule has 1 aromatic carbocycles. The summed E-state index contributed by atoms with van der Waals surface area (Å²) < 4.78 is 27.4. The van der Waals surface area contributed by atoms with Gasteiger partial charge in [-0.15, -0.1) is 12.4 Å². The number of rotatable bonds is 7. The smallest absolute Gasteiger partial charge is 0.243 e. The van der Waals surface area contributed by atoms with E-state index in [4.69, 9.17) is 5.73 Å². The Morgan fingerprint density at radius 2 is 1.79 bits per heavy atom. The molecule has 3 N–H and O–H groups in total. The van der Waals surface area contributed by atoms with Gasteiger partial charge in [-0.25, -0.2) is 8.42 Å². The van der Waals surface area contributed by atoms with Gasteiger partial charge in [-0.05, 0) is 51.2 Å². The lowest BCUT2D eigenvalue weighted by Crippen LogP contribution is -2.55. The summed E-state index contributed by atoms with van der Waals surface area (Å²) in [6.07, 6.45) is 2.63. The lowest BCUT2D eigenvalue weighted by Gasteiger charge is -2.36. The summed E-state index contributed by atoms with van der Waals surface area (Å²) in [5.41, 5.74) is 7.31. The van der Waals surface area contributed by atoms with E-state index in [9.17, 15) is 13.2 Å². The van der Waals surface area contributed by atoms with E-state index in [1.54, 1.807) is 6.07 Å². The zero-order valence-electron chi connectivity index (χ0n) is 17.3. The van der Waals surface area contributed by atoms with E-state index < -0.39 is 10.0 Å². The fourth-order valence-corrected chi connectivity index (χ4v) is 5.39. The van der Waals surface area contributed by atoms with Gasteiger partial charge in [-0.1, -0.05) is 31.5 Å². The fourth-order valence-electron chi connectivity index (χ4n) is 3.72. The largest absolute Gasteiger partial charge is 0.349 e. The number of amides is 1. The molecule has 8 heteroatoms. The molecule has 6 nitrogen and oxygen atoms in total. The summed E-state index contributed by atoms with van der Waals surface area (Å²) in [5.74, 6) is -0.174. The van der Waals surface area contributed by atoms with E-state index in [0.29, 0.717) is 37.4 Å². The molecule has 1 aliphatic heterocycles. The van der Waals surface area contributed by atoms with E-state index in [1.807, 2.05) is 39.8 Å². The molecule has 0 atom stereocenters. The molecule has 2 rings (SSSR count). The van der Waals surface area contributed by atoms with Gasteiger partial charge in [0.1, 0.15) is 0 Å². The summed E-state index contributed by atoms with van der Waals surface area (Å²) in [7, 11) is -3.53. The second-order valence-electron chi connectivity index (χ2n) is 7.63. The molecule has 1 amide bonds. The third-order valence-electron chi connectivity index (χ3n) is 5.91. The van der Waals surface area contributed by atoms with Crippen LogP contribution in [0.1, 0.15) is 50.7 Å². The van der Waals surface area contributed by atoms with Gasteiger partial charge in [0.25, 0.3) is 0 Å². The van der Waals surface area contributed by atoms with Crippen molar-refractivity contribution in [3.63, 3.8) is 0 Å². The normalized spacial score (nSPS) is 16.5. The summed E-state index contributed by atoms with van der Waals surface area (Å²) in [4.78, 5) is 13.0. The van der Waals surface area contributed by atoms with Crippen LogP contribution in [0.3, 0.4) is 0 Å². The molecule has 1 fully saturated rings. The summed E-state index contributed by atoms with van der Waals surface area (Å²) in [5, 5.41) is 3.12. The predicted octanol–water partition coefficient (Wildman–Crippen LogP) is 2.76. The minimum Gasteiger partial charge on any atom is -0.349 e. The Kier molecular flexibility index (Phi) is 8.93. The maximum atomic E-state index is 13.0. The summed E-state index contributed by atoms with van der Waals surface area (Å²) >= 11 is 0. The zero-order valence-corrected chi connectivity index (χ0v) is 19.0. The number of carbonyl (C=O) groups excluding carboxylic acids is 1. The van der Waals surface area contributed by atoms with Crippen molar-refractivity contribution in [2.45, 2.75) is 63.8 Å². The molecular formula is C20H34ClN3O3S. The standard InChI is InChI=1S/C20H33N3O3S.ClH/c1-5-20(6-2,14-21)22-19(24)17-9-11-23(12-10-17)27(25,26)18-8-7-15(3)13-16(18)4;/h7-8,13,17H,5-6,9-12,14,21H2,1-4H3,(H,22,24);1H. The SMILES string of the molecule is CCC(CC)(CN)NC(=O)C1CCN(S(=O)(=O)c2ccc(C)cc2C)CC1.Cl. The van der Waals surface area contributed by atoms with Gasteiger partial charge in [0.15, 0.2) is 0 Å². The number of halogens is 1. The van der Waals surface area contributed by atoms with Gasteiger partial charge in [0.05, 0.1) is 10.4 Å². The molecule has 1 heterocycles. The maximum absolute atomic E-state index is 13.0. The van der Waals surface area contributed by atoms with Crippen molar-refractivity contribution in [2.75, 3.05) is 19.6 Å². The Morgan fingerprint density at radius 3 is 2.25 bits per heavy atom. The molecule has 0 radical (unpaired) electrons. The van der Waals surface area contributed by atoms with Crippen molar-refractivity contribution >= 4 is 28.3 Å². The molecule has 0 saturated carbocycles. The minimum absolute atomic E-state index is 0. The van der Waals surface area contributed by atoms with Crippen LogP contribution >= 0.6 is 12.4 Å². The number of sulfonamides is 1. The number of hydrogen-bond acceptors (Lipinski definition) is 4. The Labute approximate surface area is 175 Å². The quantitative estimate of drug-likeness (QED) is 0.694. The van der Waals surface area contributed by atoms with Crippen molar-refractivity contribution in [2.24, 2.45) is 11.7 Å². The van der Waals surface area contributed by atoms with Gasteiger partial charge in [-0.2, -0.15) is 4.31 Å². The van der Waals surface area contributed by atoms with Gasteiger partial charge in [-0.3, -0.25) is 4.79 Å². The first kappa shape index (κ1) is 24.9. The summed E-state index contributed by atoms with van der Waals surface area (Å²) in [6, 6.07) is 5.38. The van der Waals surface area contributed by atoms with Crippen LogP contribution in [0.4, 0.5) is 0 Å². The van der Waals surface area contributed by atoms with Crippen LogP contribution in [0.2, 0.25) is 0 Å². The van der Waals surface area contributed by atoms with Gasteiger partial charge in [0.2, 0.25) is 15.9 Å². The van der Waals surface area contributed by atoms with Gasteiger partial charge >= 0.3 is 0 Å². The fraction of sp³-hybridized carbons (Fsp3) is 0.650. The van der Waals surface area contributed by atoms with E-state index >= 15 is 0 Å². The van der Waals surface area contributed by atoms with Crippen molar-refractivity contribution in [3.05, 3.63) is 29.3 Å². The molecule has 1 aromatic rings. The highest BCUT2D eigenvalue weighted by atomic mass is 35.5. The number of nitrogens with one attached hydrogen (secondary N) is 1.